The minimum absolute atomic E-state index is 0.631. The molecule has 0 bridgehead atoms. The van der Waals surface area contributed by atoms with E-state index in [0.29, 0.717) is 5.41 Å². The molecule has 17 heavy (non-hydrogen) atoms. The van der Waals surface area contributed by atoms with E-state index < -0.39 is 0 Å². The van der Waals surface area contributed by atoms with Crippen molar-refractivity contribution in [3.63, 3.8) is 0 Å². The summed E-state index contributed by atoms with van der Waals surface area (Å²) in [6.45, 7) is 3.38. The summed E-state index contributed by atoms with van der Waals surface area (Å²) in [5.74, 6) is 0. The van der Waals surface area contributed by atoms with Gasteiger partial charge >= 0.3 is 0 Å². The van der Waals surface area contributed by atoms with E-state index in [1.165, 1.54) is 70.6 Å². The van der Waals surface area contributed by atoms with Crippen molar-refractivity contribution >= 4 is 0 Å². The minimum atomic E-state index is 0.631. The normalized spacial score (nSPS) is 24.4. The molecule has 0 atom stereocenters. The van der Waals surface area contributed by atoms with Crippen molar-refractivity contribution in [1.82, 2.24) is 0 Å². The maximum Gasteiger partial charge on any atom is -0.00742 e. The monoisotopic (exact) mass is 235 g/mol. The molecular formula is C16H29N. The Morgan fingerprint density at radius 2 is 1.71 bits per heavy atom. The number of rotatable bonds is 5. The summed E-state index contributed by atoms with van der Waals surface area (Å²) in [4.78, 5) is 0. The highest BCUT2D eigenvalue weighted by Gasteiger charge is 2.29. The van der Waals surface area contributed by atoms with Gasteiger partial charge in [0.25, 0.3) is 0 Å². The molecule has 2 aliphatic carbocycles. The fourth-order valence-electron chi connectivity index (χ4n) is 3.80. The standard InChI is InChI=1S/C16H29N/c1-16(10-3-2-4-11-16)13-15-8-5-7-14(15)9-6-12-17/h2-13,17H2,1H3. The molecule has 0 aromatic heterocycles. The SMILES string of the molecule is CC1(CC2=C(CCCN)CCC2)CCCCC1. The predicted octanol–water partition coefficient (Wildman–Crippen LogP) is 4.57. The predicted molar refractivity (Wildman–Crippen MR) is 75.0 cm³/mol. The molecule has 0 spiro atoms. The molecule has 0 amide bonds. The third-order valence-corrected chi connectivity index (χ3v) is 4.84. The van der Waals surface area contributed by atoms with Gasteiger partial charge in [-0.25, -0.2) is 0 Å². The topological polar surface area (TPSA) is 26.0 Å². The second kappa shape index (κ2) is 6.04. The molecule has 0 saturated heterocycles. The average molecular weight is 235 g/mol. The van der Waals surface area contributed by atoms with Crippen LogP contribution in [0.25, 0.3) is 0 Å². The fourth-order valence-corrected chi connectivity index (χ4v) is 3.80. The van der Waals surface area contributed by atoms with Crippen LogP contribution in [0.1, 0.15) is 77.6 Å². The molecule has 0 aliphatic heterocycles. The van der Waals surface area contributed by atoms with Gasteiger partial charge in [-0.15, -0.1) is 0 Å². The van der Waals surface area contributed by atoms with E-state index in [-0.39, 0.29) is 0 Å². The number of hydrogen-bond donors (Lipinski definition) is 1. The summed E-state index contributed by atoms with van der Waals surface area (Å²) in [7, 11) is 0. The van der Waals surface area contributed by atoms with E-state index in [9.17, 15) is 0 Å². The second-order valence-corrected chi connectivity index (χ2v) is 6.50. The highest BCUT2D eigenvalue weighted by Crippen LogP contribution is 2.44. The molecule has 0 aromatic carbocycles. The zero-order valence-corrected chi connectivity index (χ0v) is 11.6. The van der Waals surface area contributed by atoms with Crippen molar-refractivity contribution in [3.05, 3.63) is 11.1 Å². The van der Waals surface area contributed by atoms with Gasteiger partial charge in [0, 0.05) is 0 Å². The largest absolute Gasteiger partial charge is 0.330 e. The first kappa shape index (κ1) is 13.1. The lowest BCUT2D eigenvalue weighted by Crippen LogP contribution is -2.20. The number of allylic oxidation sites excluding steroid dienone is 2. The van der Waals surface area contributed by atoms with Gasteiger partial charge in [0.2, 0.25) is 0 Å². The quantitative estimate of drug-likeness (QED) is 0.694. The van der Waals surface area contributed by atoms with E-state index in [4.69, 9.17) is 5.73 Å². The van der Waals surface area contributed by atoms with Gasteiger partial charge in [-0.2, -0.15) is 0 Å². The fraction of sp³-hybridized carbons (Fsp3) is 0.875. The Morgan fingerprint density at radius 3 is 2.41 bits per heavy atom. The van der Waals surface area contributed by atoms with Crippen molar-refractivity contribution in [2.75, 3.05) is 6.54 Å². The summed E-state index contributed by atoms with van der Waals surface area (Å²) < 4.78 is 0. The maximum atomic E-state index is 5.64. The third-order valence-electron chi connectivity index (χ3n) is 4.84. The van der Waals surface area contributed by atoms with E-state index in [2.05, 4.69) is 6.92 Å². The van der Waals surface area contributed by atoms with Crippen LogP contribution in [0, 0.1) is 5.41 Å². The molecule has 98 valence electrons. The zero-order chi connectivity index (χ0) is 12.1. The van der Waals surface area contributed by atoms with Crippen molar-refractivity contribution in [2.45, 2.75) is 77.6 Å². The molecule has 1 saturated carbocycles. The Hall–Kier alpha value is -0.300. The zero-order valence-electron chi connectivity index (χ0n) is 11.6. The summed E-state index contributed by atoms with van der Waals surface area (Å²) >= 11 is 0. The lowest BCUT2D eigenvalue weighted by atomic mass is 9.71. The summed E-state index contributed by atoms with van der Waals surface area (Å²) in [6, 6.07) is 0. The van der Waals surface area contributed by atoms with Gasteiger partial charge in [0.1, 0.15) is 0 Å². The first-order valence-corrected chi connectivity index (χ1v) is 7.63. The second-order valence-electron chi connectivity index (χ2n) is 6.50. The van der Waals surface area contributed by atoms with Crippen LogP contribution in [0.4, 0.5) is 0 Å². The molecule has 2 rings (SSSR count). The Kier molecular flexibility index (Phi) is 4.67. The molecule has 1 heteroatoms. The Labute approximate surface area is 107 Å². The van der Waals surface area contributed by atoms with Gasteiger partial charge in [-0.3, -0.25) is 0 Å². The molecule has 2 aliphatic rings. The third kappa shape index (κ3) is 3.58. The molecular weight excluding hydrogens is 206 g/mol. The molecule has 0 unspecified atom stereocenters. The smallest absolute Gasteiger partial charge is 0.00742 e. The Bertz CT molecular complexity index is 271. The summed E-state index contributed by atoms with van der Waals surface area (Å²) in [6.07, 6.45) is 15.3. The van der Waals surface area contributed by atoms with Gasteiger partial charge in [-0.1, -0.05) is 37.3 Å². The molecule has 0 heterocycles. The van der Waals surface area contributed by atoms with Gasteiger partial charge in [0.05, 0.1) is 0 Å². The molecule has 1 nitrogen and oxygen atoms in total. The van der Waals surface area contributed by atoms with E-state index in [1.54, 1.807) is 5.57 Å². The summed E-state index contributed by atoms with van der Waals surface area (Å²) in [5.41, 5.74) is 9.87. The van der Waals surface area contributed by atoms with Crippen LogP contribution >= 0.6 is 0 Å². The summed E-state index contributed by atoms with van der Waals surface area (Å²) in [5, 5.41) is 0. The number of nitrogens with two attached hydrogens (primary N) is 1. The molecule has 0 radical (unpaired) electrons. The van der Waals surface area contributed by atoms with Gasteiger partial charge in [0.15, 0.2) is 0 Å². The van der Waals surface area contributed by atoms with Crippen LogP contribution in [0.15, 0.2) is 11.1 Å². The van der Waals surface area contributed by atoms with Crippen LogP contribution in [0.2, 0.25) is 0 Å². The first-order chi connectivity index (χ1) is 8.23. The molecule has 2 N–H and O–H groups in total. The highest BCUT2D eigenvalue weighted by molar-refractivity contribution is 5.21. The van der Waals surface area contributed by atoms with Gasteiger partial charge < -0.3 is 5.73 Å². The average Bonchev–Trinajstić information content (AvgIpc) is 2.74. The minimum Gasteiger partial charge on any atom is -0.330 e. The Morgan fingerprint density at radius 1 is 1.00 bits per heavy atom. The highest BCUT2D eigenvalue weighted by atomic mass is 14.5. The van der Waals surface area contributed by atoms with Crippen molar-refractivity contribution in [2.24, 2.45) is 11.1 Å². The van der Waals surface area contributed by atoms with Crippen molar-refractivity contribution in [3.8, 4) is 0 Å². The van der Waals surface area contributed by atoms with Crippen LogP contribution in [-0.4, -0.2) is 6.54 Å². The van der Waals surface area contributed by atoms with Crippen molar-refractivity contribution in [1.29, 1.82) is 0 Å². The molecule has 0 aromatic rings. The van der Waals surface area contributed by atoms with Gasteiger partial charge in [-0.05, 0) is 63.3 Å². The van der Waals surface area contributed by atoms with E-state index in [1.807, 2.05) is 5.57 Å². The Balaban J connectivity index is 1.95. The lowest BCUT2D eigenvalue weighted by molar-refractivity contribution is 0.213. The van der Waals surface area contributed by atoms with Crippen LogP contribution in [0.3, 0.4) is 0 Å². The van der Waals surface area contributed by atoms with Crippen molar-refractivity contribution < 1.29 is 0 Å². The number of hydrogen-bond acceptors (Lipinski definition) is 1. The maximum absolute atomic E-state index is 5.64. The van der Waals surface area contributed by atoms with E-state index in [0.717, 1.165) is 6.54 Å². The van der Waals surface area contributed by atoms with Crippen LogP contribution in [0.5, 0.6) is 0 Å². The van der Waals surface area contributed by atoms with E-state index >= 15 is 0 Å². The van der Waals surface area contributed by atoms with Crippen LogP contribution in [-0.2, 0) is 0 Å². The van der Waals surface area contributed by atoms with Crippen LogP contribution < -0.4 is 5.73 Å². The molecule has 1 fully saturated rings. The lowest BCUT2D eigenvalue weighted by Gasteiger charge is -2.34. The first-order valence-electron chi connectivity index (χ1n) is 7.63.